The molecule has 0 unspecified atom stereocenters. The number of hydrogen-bond acceptors (Lipinski definition) is 4. The third-order valence-corrected chi connectivity index (χ3v) is 5.80. The summed E-state index contributed by atoms with van der Waals surface area (Å²) in [5.74, 6) is 0.873. The number of carbonyl (C=O) groups is 1. The second-order valence-electron chi connectivity index (χ2n) is 8.14. The lowest BCUT2D eigenvalue weighted by Crippen LogP contribution is -2.26. The monoisotopic (exact) mass is 421 g/mol. The molecule has 0 fully saturated rings. The van der Waals surface area contributed by atoms with E-state index in [0.29, 0.717) is 6.54 Å². The van der Waals surface area contributed by atoms with E-state index in [1.54, 1.807) is 13.2 Å². The van der Waals surface area contributed by atoms with Crippen LogP contribution in [0.15, 0.2) is 53.2 Å². The Morgan fingerprint density at radius 2 is 2.16 bits per heavy atom. The number of carbonyl (C=O) groups excluding carboxylic acids is 1. The molecule has 5 heteroatoms. The lowest BCUT2D eigenvalue weighted by molar-refractivity contribution is -0.116. The molecule has 1 aromatic rings. The van der Waals surface area contributed by atoms with Crippen molar-refractivity contribution in [3.05, 3.63) is 59.3 Å². The largest absolute Gasteiger partial charge is 0.497 e. The molecule has 2 aliphatic rings. The lowest BCUT2D eigenvalue weighted by atomic mass is 9.99. The van der Waals surface area contributed by atoms with E-state index in [1.165, 1.54) is 41.5 Å². The molecule has 0 bridgehead atoms. The summed E-state index contributed by atoms with van der Waals surface area (Å²) in [5, 5.41) is 3.02. The third kappa shape index (κ3) is 6.84. The summed E-state index contributed by atoms with van der Waals surface area (Å²) in [7, 11) is 1.70. The van der Waals surface area contributed by atoms with Crippen LogP contribution in [0.2, 0.25) is 0 Å². The molecule has 1 aromatic carbocycles. The summed E-state index contributed by atoms with van der Waals surface area (Å²) in [6.07, 6.45) is 17.0. The fourth-order valence-electron chi connectivity index (χ4n) is 4.09. The van der Waals surface area contributed by atoms with Crippen molar-refractivity contribution in [1.82, 2.24) is 10.2 Å². The molecule has 0 spiro atoms. The number of nitrogens with zero attached hydrogens (tertiary/aromatic N) is 2. The Labute approximate surface area is 186 Å². The maximum atomic E-state index is 12.3. The second-order valence-corrected chi connectivity index (χ2v) is 8.14. The predicted octanol–water partition coefficient (Wildman–Crippen LogP) is 4.90. The van der Waals surface area contributed by atoms with Crippen LogP contribution in [-0.4, -0.2) is 43.9 Å². The van der Waals surface area contributed by atoms with Crippen LogP contribution in [0.5, 0.6) is 5.75 Å². The van der Waals surface area contributed by atoms with Crippen molar-refractivity contribution in [2.75, 3.05) is 26.7 Å². The number of hydrogen-bond donors (Lipinski definition) is 1. The number of nitrogens with one attached hydrogen (secondary N) is 1. The van der Waals surface area contributed by atoms with Crippen molar-refractivity contribution in [3.8, 4) is 5.75 Å². The van der Waals surface area contributed by atoms with Crippen LogP contribution in [0.1, 0.15) is 56.6 Å². The average molecular weight is 422 g/mol. The number of benzene rings is 1. The quantitative estimate of drug-likeness (QED) is 0.386. The summed E-state index contributed by atoms with van der Waals surface area (Å²) in [4.78, 5) is 18.6. The van der Waals surface area contributed by atoms with Crippen LogP contribution in [0.25, 0.3) is 5.57 Å². The molecule has 1 N–H and O–H groups in total. The van der Waals surface area contributed by atoms with Crippen LogP contribution in [0.4, 0.5) is 0 Å². The van der Waals surface area contributed by atoms with Crippen LogP contribution in [0.3, 0.4) is 0 Å². The molecular formula is C26H35N3O2. The number of allylic oxidation sites excluding steroid dienone is 3. The van der Waals surface area contributed by atoms with Crippen molar-refractivity contribution >= 4 is 17.8 Å². The molecule has 0 radical (unpaired) electrons. The van der Waals surface area contributed by atoms with E-state index in [1.807, 2.05) is 24.7 Å². The van der Waals surface area contributed by atoms with Gasteiger partial charge in [0, 0.05) is 31.9 Å². The Morgan fingerprint density at radius 3 is 2.94 bits per heavy atom. The van der Waals surface area contributed by atoms with Crippen molar-refractivity contribution in [2.24, 2.45) is 4.99 Å². The Hall–Kier alpha value is -2.82. The highest BCUT2D eigenvalue weighted by atomic mass is 16.5. The van der Waals surface area contributed by atoms with Gasteiger partial charge in [-0.15, -0.1) is 0 Å². The maximum Gasteiger partial charge on any atom is 0.243 e. The highest BCUT2D eigenvalue weighted by molar-refractivity contribution is 5.89. The van der Waals surface area contributed by atoms with E-state index in [0.717, 1.165) is 44.5 Å². The minimum Gasteiger partial charge on any atom is -0.497 e. The second kappa shape index (κ2) is 12.1. The lowest BCUT2D eigenvalue weighted by Gasteiger charge is -2.18. The predicted molar refractivity (Wildman–Crippen MR) is 128 cm³/mol. The summed E-state index contributed by atoms with van der Waals surface area (Å²) in [6, 6.07) is 6.32. The Balaban J connectivity index is 1.50. The van der Waals surface area contributed by atoms with E-state index < -0.39 is 0 Å². The molecule has 3 rings (SSSR count). The normalized spacial score (nSPS) is 15.1. The topological polar surface area (TPSA) is 53.9 Å². The van der Waals surface area contributed by atoms with Crippen LogP contribution >= 0.6 is 0 Å². The van der Waals surface area contributed by atoms with E-state index in [2.05, 4.69) is 40.3 Å². The molecule has 166 valence electrons. The van der Waals surface area contributed by atoms with Gasteiger partial charge in [0.25, 0.3) is 0 Å². The van der Waals surface area contributed by atoms with E-state index >= 15 is 0 Å². The first-order chi connectivity index (χ1) is 15.2. The summed E-state index contributed by atoms with van der Waals surface area (Å²) < 4.78 is 5.40. The molecule has 31 heavy (non-hydrogen) atoms. The number of fused-ring (bicyclic) bond motifs is 1. The Morgan fingerprint density at radius 1 is 1.26 bits per heavy atom. The summed E-state index contributed by atoms with van der Waals surface area (Å²) >= 11 is 0. The minimum atomic E-state index is -0.0172. The zero-order valence-electron chi connectivity index (χ0n) is 18.9. The van der Waals surface area contributed by atoms with Gasteiger partial charge in [-0.05, 0) is 72.6 Å². The van der Waals surface area contributed by atoms with Gasteiger partial charge >= 0.3 is 0 Å². The van der Waals surface area contributed by atoms with E-state index in [4.69, 9.17) is 4.74 Å². The van der Waals surface area contributed by atoms with Gasteiger partial charge in [-0.1, -0.05) is 31.9 Å². The van der Waals surface area contributed by atoms with Crippen LogP contribution in [0, 0.1) is 0 Å². The number of aliphatic imine (C=N–C) groups is 1. The first kappa shape index (κ1) is 22.9. The molecule has 5 nitrogen and oxygen atoms in total. The summed E-state index contributed by atoms with van der Waals surface area (Å²) in [6.45, 7) is 4.81. The van der Waals surface area contributed by atoms with Crippen LogP contribution < -0.4 is 10.1 Å². The first-order valence-corrected chi connectivity index (χ1v) is 11.5. The van der Waals surface area contributed by atoms with Crippen molar-refractivity contribution in [2.45, 2.75) is 51.9 Å². The van der Waals surface area contributed by atoms with Crippen molar-refractivity contribution in [3.63, 3.8) is 0 Å². The molecule has 0 saturated heterocycles. The molecular weight excluding hydrogens is 386 g/mol. The van der Waals surface area contributed by atoms with Gasteiger partial charge in [0.05, 0.1) is 13.4 Å². The minimum absolute atomic E-state index is 0.0172. The Kier molecular flexibility index (Phi) is 8.95. The number of rotatable bonds is 12. The highest BCUT2D eigenvalue weighted by Gasteiger charge is 2.20. The number of unbranched alkanes of at least 4 members (excludes halogenated alkanes) is 3. The van der Waals surface area contributed by atoms with E-state index in [9.17, 15) is 4.79 Å². The molecule has 0 atom stereocenters. The van der Waals surface area contributed by atoms with Gasteiger partial charge in [-0.2, -0.15) is 0 Å². The highest BCUT2D eigenvalue weighted by Crippen LogP contribution is 2.38. The fraction of sp³-hybridized carbons (Fsp3) is 0.462. The molecule has 0 saturated carbocycles. The molecule has 0 aromatic heterocycles. The number of ether oxygens (including phenoxy) is 1. The third-order valence-electron chi connectivity index (χ3n) is 5.80. The zero-order valence-corrected chi connectivity index (χ0v) is 18.9. The van der Waals surface area contributed by atoms with E-state index in [-0.39, 0.29) is 5.91 Å². The van der Waals surface area contributed by atoms with Gasteiger partial charge in [-0.3, -0.25) is 4.79 Å². The SMILES string of the molecule is CCCCCC1=C(/C=C/C(=O)NCCCCN2C=NC=CC2)Cc2cc(OC)ccc21. The average Bonchev–Trinajstić information content (AvgIpc) is 3.15. The van der Waals surface area contributed by atoms with Gasteiger partial charge in [0.1, 0.15) is 5.75 Å². The standard InChI is InChI=1S/C26H35N3O2/c1-3-4-5-9-24-21(18-22-19-23(31-2)11-12-25(22)24)10-13-26(30)28-15-6-7-16-29-17-8-14-27-20-29/h8,10-14,19-20H,3-7,9,15-18H2,1-2H3,(H,28,30)/b13-10+. The zero-order chi connectivity index (χ0) is 21.9. The fourth-order valence-corrected chi connectivity index (χ4v) is 4.09. The first-order valence-electron chi connectivity index (χ1n) is 11.5. The van der Waals surface area contributed by atoms with Gasteiger partial charge in [-0.25, -0.2) is 4.99 Å². The number of methoxy groups -OCH3 is 1. The van der Waals surface area contributed by atoms with Crippen LogP contribution in [-0.2, 0) is 11.2 Å². The van der Waals surface area contributed by atoms with Gasteiger partial charge in [0.15, 0.2) is 0 Å². The molecule has 1 heterocycles. The van der Waals surface area contributed by atoms with Crippen molar-refractivity contribution < 1.29 is 9.53 Å². The molecule has 1 amide bonds. The van der Waals surface area contributed by atoms with Gasteiger partial charge in [0.2, 0.25) is 5.91 Å². The summed E-state index contributed by atoms with van der Waals surface area (Å²) in [5.41, 5.74) is 5.24. The van der Waals surface area contributed by atoms with Gasteiger partial charge < -0.3 is 15.0 Å². The molecule has 1 aliphatic heterocycles. The number of amides is 1. The maximum absolute atomic E-state index is 12.3. The van der Waals surface area contributed by atoms with Crippen molar-refractivity contribution in [1.29, 1.82) is 0 Å². The Bertz CT molecular complexity index is 867. The smallest absolute Gasteiger partial charge is 0.243 e. The molecule has 1 aliphatic carbocycles.